The smallest absolute Gasteiger partial charge is 0.357 e. The molecule has 0 spiro atoms. The first-order valence-electron chi connectivity index (χ1n) is 10.5. The summed E-state index contributed by atoms with van der Waals surface area (Å²) in [6.45, 7) is 4.85. The maximum Gasteiger partial charge on any atom is 0.357 e. The number of nitrogens with one attached hydrogen (secondary N) is 1. The third kappa shape index (κ3) is 6.76. The largest absolute Gasteiger partial charge is 0.497 e. The molecule has 1 atom stereocenters. The number of hydrogen-bond acceptors (Lipinski definition) is 6. The normalized spacial score (nSPS) is 12.4. The van der Waals surface area contributed by atoms with Gasteiger partial charge in [0.15, 0.2) is 5.78 Å². The van der Waals surface area contributed by atoms with E-state index in [1.54, 1.807) is 20.3 Å². The van der Waals surface area contributed by atoms with Gasteiger partial charge in [0, 0.05) is 11.3 Å². The first-order valence-corrected chi connectivity index (χ1v) is 12.1. The van der Waals surface area contributed by atoms with Crippen LogP contribution in [0, 0.1) is 0 Å². The molecule has 0 amide bonds. The van der Waals surface area contributed by atoms with E-state index in [0.717, 1.165) is 31.4 Å². The predicted octanol–water partition coefficient (Wildman–Crippen LogP) is 6.64. The number of anilines is 1. The molecule has 0 aliphatic carbocycles. The van der Waals surface area contributed by atoms with Crippen molar-refractivity contribution in [3.63, 3.8) is 0 Å². The molecule has 0 saturated heterocycles. The Kier molecular flexibility index (Phi) is 10.2. The number of benzene rings is 2. The fourth-order valence-electron chi connectivity index (χ4n) is 2.93. The summed E-state index contributed by atoms with van der Waals surface area (Å²) < 4.78 is 37.0. The van der Waals surface area contributed by atoms with Crippen LogP contribution < -0.4 is 14.8 Å². The van der Waals surface area contributed by atoms with Crippen LogP contribution in [0.15, 0.2) is 48.5 Å². The number of rotatable bonds is 14. The van der Waals surface area contributed by atoms with Crippen LogP contribution in [0.5, 0.6) is 11.5 Å². The van der Waals surface area contributed by atoms with E-state index >= 15 is 0 Å². The number of ether oxygens (including phenoxy) is 2. The molecule has 0 heterocycles. The highest BCUT2D eigenvalue weighted by Gasteiger charge is 2.39. The van der Waals surface area contributed by atoms with Gasteiger partial charge in [-0.05, 0) is 43.2 Å². The number of hydrogen-bond donors (Lipinski definition) is 1. The van der Waals surface area contributed by atoms with Gasteiger partial charge in [-0.3, -0.25) is 4.57 Å². The van der Waals surface area contributed by atoms with Crippen LogP contribution in [-0.4, -0.2) is 27.4 Å². The van der Waals surface area contributed by atoms with Crippen molar-refractivity contribution in [1.82, 2.24) is 0 Å². The van der Waals surface area contributed by atoms with Crippen LogP contribution in [0.25, 0.3) is 0 Å². The average molecular weight is 436 g/mol. The van der Waals surface area contributed by atoms with Crippen molar-refractivity contribution in [3.05, 3.63) is 54.1 Å². The van der Waals surface area contributed by atoms with Gasteiger partial charge in [-0.25, -0.2) is 0 Å². The molecule has 6 nitrogen and oxygen atoms in total. The van der Waals surface area contributed by atoms with Crippen molar-refractivity contribution in [3.8, 4) is 11.5 Å². The van der Waals surface area contributed by atoms with Crippen molar-refractivity contribution < 1.29 is 23.1 Å². The van der Waals surface area contributed by atoms with E-state index in [-0.39, 0.29) is 0 Å². The lowest BCUT2D eigenvalue weighted by atomic mass is 10.1. The van der Waals surface area contributed by atoms with E-state index in [1.165, 1.54) is 0 Å². The van der Waals surface area contributed by atoms with E-state index in [4.69, 9.17) is 18.5 Å². The second kappa shape index (κ2) is 12.6. The molecule has 2 aromatic rings. The van der Waals surface area contributed by atoms with Gasteiger partial charge in [0.2, 0.25) is 0 Å². The van der Waals surface area contributed by atoms with Crippen LogP contribution in [0.3, 0.4) is 0 Å². The molecular weight excluding hydrogens is 401 g/mol. The monoisotopic (exact) mass is 435 g/mol. The van der Waals surface area contributed by atoms with E-state index in [2.05, 4.69) is 19.2 Å². The summed E-state index contributed by atoms with van der Waals surface area (Å²) in [5.41, 5.74) is 1.47. The molecule has 7 heteroatoms. The van der Waals surface area contributed by atoms with Gasteiger partial charge < -0.3 is 23.8 Å². The first kappa shape index (κ1) is 24.3. The minimum Gasteiger partial charge on any atom is -0.497 e. The third-order valence-corrected chi connectivity index (χ3v) is 6.79. The van der Waals surface area contributed by atoms with Gasteiger partial charge in [-0.1, -0.05) is 44.9 Å². The van der Waals surface area contributed by atoms with Crippen LogP contribution >= 0.6 is 7.60 Å². The summed E-state index contributed by atoms with van der Waals surface area (Å²) in [5.74, 6) is 0.473. The average Bonchev–Trinajstić information content (AvgIpc) is 2.78. The minimum atomic E-state index is -3.59. The van der Waals surface area contributed by atoms with Crippen molar-refractivity contribution in [1.29, 1.82) is 0 Å². The highest BCUT2D eigenvalue weighted by molar-refractivity contribution is 7.54. The summed E-state index contributed by atoms with van der Waals surface area (Å²) in [7, 11) is -0.407. The molecule has 1 unspecified atom stereocenters. The van der Waals surface area contributed by atoms with Gasteiger partial charge in [-0.15, -0.1) is 0 Å². The molecule has 0 aliphatic heterocycles. The Morgan fingerprint density at radius 1 is 0.900 bits per heavy atom. The molecule has 0 bridgehead atoms. The molecular formula is C23H34NO5P. The van der Waals surface area contributed by atoms with E-state index in [1.807, 2.05) is 42.5 Å². The molecule has 0 radical (unpaired) electrons. The van der Waals surface area contributed by atoms with Crippen molar-refractivity contribution in [2.24, 2.45) is 0 Å². The van der Waals surface area contributed by atoms with Crippen LogP contribution in [0.4, 0.5) is 5.69 Å². The lowest BCUT2D eigenvalue weighted by molar-refractivity contribution is 0.194. The lowest BCUT2D eigenvalue weighted by Crippen LogP contribution is -2.17. The molecule has 0 aliphatic rings. The zero-order valence-electron chi connectivity index (χ0n) is 18.4. The maximum absolute atomic E-state index is 14.1. The Morgan fingerprint density at radius 3 is 2.07 bits per heavy atom. The van der Waals surface area contributed by atoms with Crippen LogP contribution in [0.2, 0.25) is 0 Å². The fourth-order valence-corrected chi connectivity index (χ4v) is 4.92. The Morgan fingerprint density at radius 2 is 1.53 bits per heavy atom. The fraction of sp³-hybridized carbons (Fsp3) is 0.478. The minimum absolute atomic E-state index is 0.360. The molecule has 2 rings (SSSR count). The Balaban J connectivity index is 2.52. The van der Waals surface area contributed by atoms with E-state index in [0.29, 0.717) is 30.3 Å². The summed E-state index contributed by atoms with van der Waals surface area (Å²) in [6, 6.07) is 15.0. The van der Waals surface area contributed by atoms with Crippen molar-refractivity contribution in [2.45, 2.75) is 45.3 Å². The lowest BCUT2D eigenvalue weighted by Gasteiger charge is -2.30. The molecule has 30 heavy (non-hydrogen) atoms. The highest BCUT2D eigenvalue weighted by Crippen LogP contribution is 2.62. The number of para-hydroxylation sites is 1. The summed E-state index contributed by atoms with van der Waals surface area (Å²) in [4.78, 5) is 0. The SMILES string of the molecule is CCCCOP(=O)(OCCCC)C(Nc1ccccc1)c1cc(OC)ccc1OC. The van der Waals surface area contributed by atoms with Crippen molar-refractivity contribution >= 4 is 13.3 Å². The topological polar surface area (TPSA) is 66.0 Å². The Bertz CT molecular complexity index is 785. The Labute approximate surface area is 180 Å². The van der Waals surface area contributed by atoms with Crippen molar-refractivity contribution in [2.75, 3.05) is 32.8 Å². The summed E-state index contributed by atoms with van der Waals surface area (Å²) in [5, 5.41) is 3.37. The molecule has 0 saturated carbocycles. The van der Waals surface area contributed by atoms with Gasteiger partial charge in [0.1, 0.15) is 11.5 Å². The number of unbranched alkanes of at least 4 members (excludes halogenated alkanes) is 2. The molecule has 166 valence electrons. The zero-order valence-corrected chi connectivity index (χ0v) is 19.3. The molecule has 0 fully saturated rings. The van der Waals surface area contributed by atoms with Gasteiger partial charge in [0.05, 0.1) is 27.4 Å². The predicted molar refractivity (Wildman–Crippen MR) is 122 cm³/mol. The summed E-state index contributed by atoms with van der Waals surface area (Å²) in [6.07, 6.45) is 3.48. The van der Waals surface area contributed by atoms with Gasteiger partial charge >= 0.3 is 7.60 Å². The third-order valence-electron chi connectivity index (χ3n) is 4.66. The molecule has 1 N–H and O–H groups in total. The maximum atomic E-state index is 14.1. The van der Waals surface area contributed by atoms with E-state index in [9.17, 15) is 4.57 Å². The quantitative estimate of drug-likeness (QED) is 0.265. The highest BCUT2D eigenvalue weighted by atomic mass is 31.2. The number of methoxy groups -OCH3 is 2. The summed E-state index contributed by atoms with van der Waals surface area (Å²) >= 11 is 0. The van der Waals surface area contributed by atoms with Gasteiger partial charge in [-0.2, -0.15) is 0 Å². The second-order valence-corrected chi connectivity index (χ2v) is 9.05. The Hall–Kier alpha value is -2.01. The zero-order chi connectivity index (χ0) is 21.8. The standard InChI is InChI=1S/C23H34NO5P/c1-5-7-16-28-30(25,29-17-8-6-2)23(24-19-12-10-9-11-13-19)21-18-20(26-3)14-15-22(21)27-4/h9-15,18,23-24H,5-8,16-17H2,1-4H3. The van der Waals surface area contributed by atoms with Gasteiger partial charge in [0.25, 0.3) is 0 Å². The second-order valence-electron chi connectivity index (χ2n) is 6.93. The van der Waals surface area contributed by atoms with Crippen LogP contribution in [0.1, 0.15) is 50.9 Å². The van der Waals surface area contributed by atoms with E-state index < -0.39 is 13.4 Å². The van der Waals surface area contributed by atoms with Crippen LogP contribution in [-0.2, 0) is 13.6 Å². The first-order chi connectivity index (χ1) is 14.6. The molecule has 2 aromatic carbocycles. The molecule has 0 aromatic heterocycles.